The summed E-state index contributed by atoms with van der Waals surface area (Å²) in [4.78, 5) is 4.50. The van der Waals surface area contributed by atoms with E-state index < -0.39 is 10.0 Å². The predicted octanol–water partition coefficient (Wildman–Crippen LogP) is 3.05. The Morgan fingerprint density at radius 2 is 1.92 bits per heavy atom. The van der Waals surface area contributed by atoms with E-state index in [9.17, 15) is 8.42 Å². The molecule has 0 unspecified atom stereocenters. The van der Waals surface area contributed by atoms with E-state index in [1.165, 1.54) is 3.97 Å². The molecule has 0 aliphatic carbocycles. The van der Waals surface area contributed by atoms with Gasteiger partial charge in [0.25, 0.3) is 10.0 Å². The van der Waals surface area contributed by atoms with Crippen molar-refractivity contribution in [3.63, 3.8) is 0 Å². The van der Waals surface area contributed by atoms with Gasteiger partial charge in [-0.05, 0) is 62.0 Å². The number of fused-ring (bicyclic) bond motifs is 1. The normalized spacial score (nSPS) is 16.4. The number of nitrogens with one attached hydrogen (secondary N) is 1. The third-order valence-corrected chi connectivity index (χ3v) is 6.85. The molecule has 5 nitrogen and oxygen atoms in total. The van der Waals surface area contributed by atoms with Crippen LogP contribution in [0, 0.1) is 6.92 Å². The van der Waals surface area contributed by atoms with Gasteiger partial charge >= 0.3 is 0 Å². The quantitative estimate of drug-likeness (QED) is 0.784. The molecule has 1 saturated heterocycles. The summed E-state index contributed by atoms with van der Waals surface area (Å²) in [5.41, 5.74) is 2.51. The van der Waals surface area contributed by atoms with Crippen molar-refractivity contribution < 1.29 is 8.42 Å². The summed E-state index contributed by atoms with van der Waals surface area (Å²) in [6.07, 6.45) is 7.23. The van der Waals surface area contributed by atoms with Crippen molar-refractivity contribution >= 4 is 20.9 Å². The van der Waals surface area contributed by atoms with E-state index in [4.69, 9.17) is 0 Å². The third kappa shape index (κ3) is 2.75. The smallest absolute Gasteiger partial charge is 0.268 e. The molecule has 1 aliphatic heterocycles. The minimum atomic E-state index is -3.65. The largest absolute Gasteiger partial charge is 0.317 e. The number of aromatic nitrogens is 2. The lowest BCUT2D eigenvalue weighted by atomic mass is 9.90. The van der Waals surface area contributed by atoms with E-state index in [2.05, 4.69) is 10.3 Å². The molecule has 3 heterocycles. The molecule has 0 atom stereocenters. The Bertz CT molecular complexity index is 1020. The summed E-state index contributed by atoms with van der Waals surface area (Å²) < 4.78 is 28.0. The van der Waals surface area contributed by atoms with Crippen molar-refractivity contribution in [2.45, 2.75) is 30.6 Å². The highest BCUT2D eigenvalue weighted by Crippen LogP contribution is 2.34. The van der Waals surface area contributed by atoms with Gasteiger partial charge in [-0.3, -0.25) is 4.98 Å². The summed E-state index contributed by atoms with van der Waals surface area (Å²) in [7, 11) is -3.65. The van der Waals surface area contributed by atoms with Crippen LogP contribution in [-0.2, 0) is 10.0 Å². The standard InChI is InChI=1S/C19H21N3O2S/c1-14-4-2-3-5-19(14)25(23,24)22-13-17(15-6-9-20-10-7-15)16-8-11-21-12-18(16)22/h2-5,8,11-13,15,20H,6-7,9-10H2,1H3. The highest BCUT2D eigenvalue weighted by atomic mass is 32.2. The lowest BCUT2D eigenvalue weighted by Gasteiger charge is -2.22. The number of piperidine rings is 1. The molecule has 1 N–H and O–H groups in total. The highest BCUT2D eigenvalue weighted by Gasteiger charge is 2.26. The van der Waals surface area contributed by atoms with E-state index in [-0.39, 0.29) is 0 Å². The van der Waals surface area contributed by atoms with Gasteiger partial charge < -0.3 is 5.32 Å². The number of aryl methyl sites for hydroxylation is 1. The van der Waals surface area contributed by atoms with E-state index in [1.54, 1.807) is 24.5 Å². The van der Waals surface area contributed by atoms with E-state index in [1.807, 2.05) is 31.3 Å². The Kier molecular flexibility index (Phi) is 4.09. The zero-order chi connectivity index (χ0) is 17.4. The average Bonchev–Trinajstić information content (AvgIpc) is 3.03. The van der Waals surface area contributed by atoms with Gasteiger partial charge in [0.05, 0.1) is 16.6 Å². The predicted molar refractivity (Wildman–Crippen MR) is 98.3 cm³/mol. The van der Waals surface area contributed by atoms with Gasteiger partial charge in [-0.2, -0.15) is 0 Å². The van der Waals surface area contributed by atoms with Crippen LogP contribution in [0.5, 0.6) is 0 Å². The molecule has 6 heteroatoms. The molecule has 4 rings (SSSR count). The number of nitrogens with zero attached hydrogens (tertiary/aromatic N) is 2. The molecular formula is C19H21N3O2S. The molecular weight excluding hydrogens is 334 g/mol. The monoisotopic (exact) mass is 355 g/mol. The first-order chi connectivity index (χ1) is 12.1. The summed E-state index contributed by atoms with van der Waals surface area (Å²) >= 11 is 0. The van der Waals surface area contributed by atoms with Crippen molar-refractivity contribution in [3.8, 4) is 0 Å². The molecule has 1 fully saturated rings. The summed E-state index contributed by atoms with van der Waals surface area (Å²) in [5, 5.41) is 4.35. The van der Waals surface area contributed by atoms with Gasteiger partial charge in [-0.25, -0.2) is 12.4 Å². The highest BCUT2D eigenvalue weighted by molar-refractivity contribution is 7.90. The van der Waals surface area contributed by atoms with Gasteiger partial charge in [-0.15, -0.1) is 0 Å². The second kappa shape index (κ2) is 6.28. The Hall–Kier alpha value is -2.18. The Morgan fingerprint density at radius 3 is 2.68 bits per heavy atom. The Labute approximate surface area is 147 Å². The van der Waals surface area contributed by atoms with Gasteiger partial charge in [-0.1, -0.05) is 18.2 Å². The maximum atomic E-state index is 13.3. The average molecular weight is 355 g/mol. The molecule has 1 aliphatic rings. The molecule has 0 bridgehead atoms. The zero-order valence-corrected chi connectivity index (χ0v) is 15.0. The number of pyridine rings is 1. The fraction of sp³-hybridized carbons (Fsp3) is 0.316. The van der Waals surface area contributed by atoms with Gasteiger partial charge in [0.1, 0.15) is 0 Å². The first-order valence-electron chi connectivity index (χ1n) is 8.56. The van der Waals surface area contributed by atoms with Crippen LogP contribution < -0.4 is 5.32 Å². The molecule has 0 amide bonds. The Balaban J connectivity index is 1.92. The van der Waals surface area contributed by atoms with Crippen LogP contribution in [0.15, 0.2) is 53.8 Å². The van der Waals surface area contributed by atoms with Crippen LogP contribution in [0.2, 0.25) is 0 Å². The summed E-state index contributed by atoms with van der Waals surface area (Å²) in [6.45, 7) is 3.75. The Morgan fingerprint density at radius 1 is 1.16 bits per heavy atom. The maximum Gasteiger partial charge on any atom is 0.268 e. The molecule has 25 heavy (non-hydrogen) atoms. The van der Waals surface area contributed by atoms with Gasteiger partial charge in [0.15, 0.2) is 0 Å². The molecule has 0 saturated carbocycles. The lowest BCUT2D eigenvalue weighted by molar-refractivity contribution is 0.462. The fourth-order valence-corrected chi connectivity index (χ4v) is 5.27. The lowest BCUT2D eigenvalue weighted by Crippen LogP contribution is -2.26. The van der Waals surface area contributed by atoms with Crippen molar-refractivity contribution in [1.29, 1.82) is 0 Å². The van der Waals surface area contributed by atoms with Crippen molar-refractivity contribution in [2.24, 2.45) is 0 Å². The van der Waals surface area contributed by atoms with Crippen molar-refractivity contribution in [3.05, 3.63) is 60.0 Å². The van der Waals surface area contributed by atoms with Crippen LogP contribution in [-0.4, -0.2) is 30.5 Å². The van der Waals surface area contributed by atoms with E-state index >= 15 is 0 Å². The van der Waals surface area contributed by atoms with Crippen LogP contribution in [0.1, 0.15) is 29.9 Å². The van der Waals surface area contributed by atoms with Gasteiger partial charge in [0.2, 0.25) is 0 Å². The number of rotatable bonds is 3. The topological polar surface area (TPSA) is 64.0 Å². The van der Waals surface area contributed by atoms with Crippen LogP contribution in [0.25, 0.3) is 10.9 Å². The molecule has 0 spiro atoms. The van der Waals surface area contributed by atoms with E-state index in [0.717, 1.165) is 42.4 Å². The third-order valence-electron chi connectivity index (χ3n) is 5.01. The number of hydrogen-bond donors (Lipinski definition) is 1. The second-order valence-electron chi connectivity index (χ2n) is 6.57. The summed E-state index contributed by atoms with van der Waals surface area (Å²) in [6, 6.07) is 9.03. The van der Waals surface area contributed by atoms with Gasteiger partial charge in [0, 0.05) is 17.8 Å². The SMILES string of the molecule is Cc1ccccc1S(=O)(=O)n1cc(C2CCNCC2)c2ccncc21. The van der Waals surface area contributed by atoms with Crippen molar-refractivity contribution in [1.82, 2.24) is 14.3 Å². The zero-order valence-electron chi connectivity index (χ0n) is 14.1. The minimum Gasteiger partial charge on any atom is -0.317 e. The first kappa shape index (κ1) is 16.3. The number of benzene rings is 1. The summed E-state index contributed by atoms with van der Waals surface area (Å²) in [5.74, 6) is 0.375. The van der Waals surface area contributed by atoms with Crippen molar-refractivity contribution in [2.75, 3.05) is 13.1 Å². The molecule has 2 aromatic heterocycles. The second-order valence-corrected chi connectivity index (χ2v) is 8.35. The molecule has 1 aromatic carbocycles. The number of hydrogen-bond acceptors (Lipinski definition) is 4. The van der Waals surface area contributed by atoms with E-state index in [0.29, 0.717) is 16.3 Å². The van der Waals surface area contributed by atoms with Crippen LogP contribution in [0.4, 0.5) is 0 Å². The molecule has 130 valence electrons. The maximum absolute atomic E-state index is 13.3. The van der Waals surface area contributed by atoms with Crippen LogP contribution >= 0.6 is 0 Å². The fourth-order valence-electron chi connectivity index (χ4n) is 3.68. The van der Waals surface area contributed by atoms with Crippen LogP contribution in [0.3, 0.4) is 0 Å². The molecule has 3 aromatic rings. The first-order valence-corrected chi connectivity index (χ1v) is 10.00. The molecule has 0 radical (unpaired) electrons. The minimum absolute atomic E-state index is 0.340.